The van der Waals surface area contributed by atoms with Crippen LogP contribution in [0.3, 0.4) is 0 Å². The van der Waals surface area contributed by atoms with Crippen molar-refractivity contribution >= 4 is 11.8 Å². The summed E-state index contributed by atoms with van der Waals surface area (Å²) in [5, 5.41) is 17.5. The fraction of sp³-hybridized carbons (Fsp3) is 0. The average molecular weight is 202 g/mol. The van der Waals surface area contributed by atoms with Crippen LogP contribution in [-0.4, -0.2) is 11.8 Å². The van der Waals surface area contributed by atoms with Gasteiger partial charge in [0.15, 0.2) is 0 Å². The number of nitrogen functional groups attached to an aromatic ring is 1. The molecule has 0 aliphatic heterocycles. The van der Waals surface area contributed by atoms with Gasteiger partial charge in [0.25, 0.3) is 0 Å². The van der Waals surface area contributed by atoms with Crippen molar-refractivity contribution in [2.24, 2.45) is 5.73 Å². The molecule has 1 aromatic carbocycles. The summed E-state index contributed by atoms with van der Waals surface area (Å²) < 4.78 is 0. The molecule has 0 aromatic heterocycles. The fourth-order valence-electron chi connectivity index (χ4n) is 0.896. The van der Waals surface area contributed by atoms with E-state index >= 15 is 0 Å². The van der Waals surface area contributed by atoms with Crippen molar-refractivity contribution in [3.8, 4) is 0 Å². The van der Waals surface area contributed by atoms with E-state index in [2.05, 4.69) is 0 Å². The van der Waals surface area contributed by atoms with Gasteiger partial charge in [-0.15, -0.1) is 0 Å². The van der Waals surface area contributed by atoms with E-state index in [0.29, 0.717) is 0 Å². The van der Waals surface area contributed by atoms with Crippen LogP contribution in [0.25, 0.3) is 0 Å². The Kier molecular flexibility index (Phi) is 5.42. The SMILES string of the molecule is N=C(N)c1ccccc1C(=O)[O-].[K+]. The van der Waals surface area contributed by atoms with Crippen molar-refractivity contribution in [1.29, 1.82) is 5.41 Å². The van der Waals surface area contributed by atoms with Crippen molar-refractivity contribution in [3.05, 3.63) is 35.4 Å². The molecule has 0 spiro atoms. The third kappa shape index (κ3) is 3.20. The van der Waals surface area contributed by atoms with Crippen LogP contribution in [0.1, 0.15) is 15.9 Å². The molecule has 0 amide bonds. The van der Waals surface area contributed by atoms with Crippen LogP contribution in [0.15, 0.2) is 24.3 Å². The van der Waals surface area contributed by atoms with Gasteiger partial charge in [-0.25, -0.2) is 0 Å². The molecular formula is C8H7KN2O2. The maximum Gasteiger partial charge on any atom is 1.00 e. The smallest absolute Gasteiger partial charge is 0.545 e. The molecule has 5 heteroatoms. The van der Waals surface area contributed by atoms with Crippen LogP contribution in [-0.2, 0) is 0 Å². The van der Waals surface area contributed by atoms with Gasteiger partial charge in [-0.3, -0.25) is 5.41 Å². The van der Waals surface area contributed by atoms with Gasteiger partial charge in [0.05, 0.1) is 5.97 Å². The third-order valence-electron chi connectivity index (χ3n) is 1.44. The summed E-state index contributed by atoms with van der Waals surface area (Å²) in [6.07, 6.45) is 0. The number of amidine groups is 1. The van der Waals surface area contributed by atoms with E-state index in [1.54, 1.807) is 12.1 Å². The summed E-state index contributed by atoms with van der Waals surface area (Å²) in [5.74, 6) is -1.59. The normalized spacial score (nSPS) is 8.62. The van der Waals surface area contributed by atoms with Gasteiger partial charge in [0.1, 0.15) is 5.84 Å². The summed E-state index contributed by atoms with van der Waals surface area (Å²) >= 11 is 0. The topological polar surface area (TPSA) is 90.0 Å². The minimum absolute atomic E-state index is 0. The molecule has 3 N–H and O–H groups in total. The van der Waals surface area contributed by atoms with Gasteiger partial charge >= 0.3 is 51.4 Å². The number of benzene rings is 1. The number of rotatable bonds is 2. The van der Waals surface area contributed by atoms with E-state index in [1.165, 1.54) is 12.1 Å². The minimum atomic E-state index is -1.32. The number of aromatic carboxylic acids is 1. The number of hydrogen-bond donors (Lipinski definition) is 2. The summed E-state index contributed by atoms with van der Waals surface area (Å²) in [4.78, 5) is 10.5. The summed E-state index contributed by atoms with van der Waals surface area (Å²) in [7, 11) is 0. The molecule has 0 heterocycles. The molecule has 0 fully saturated rings. The van der Waals surface area contributed by atoms with Gasteiger partial charge in [-0.05, 0) is 0 Å². The predicted octanol–water partition coefficient (Wildman–Crippen LogP) is -3.66. The Balaban J connectivity index is 0.00000144. The molecule has 0 radical (unpaired) electrons. The van der Waals surface area contributed by atoms with Crippen LogP contribution in [0.2, 0.25) is 0 Å². The summed E-state index contributed by atoms with van der Waals surface area (Å²) in [6.45, 7) is 0. The molecule has 0 saturated heterocycles. The molecule has 0 bridgehead atoms. The van der Waals surface area contributed by atoms with E-state index in [1.807, 2.05) is 0 Å². The Hall–Kier alpha value is -0.204. The Bertz CT molecular complexity index is 306. The molecule has 0 atom stereocenters. The third-order valence-corrected chi connectivity index (χ3v) is 1.44. The number of carboxylic acid groups (broad SMARTS) is 1. The maximum absolute atomic E-state index is 10.5. The first-order valence-corrected chi connectivity index (χ1v) is 3.27. The largest absolute Gasteiger partial charge is 1.00 e. The number of carboxylic acids is 1. The molecule has 0 saturated carbocycles. The monoisotopic (exact) mass is 202 g/mol. The first-order chi connectivity index (χ1) is 5.63. The molecule has 0 aliphatic rings. The Morgan fingerprint density at radius 2 is 1.77 bits per heavy atom. The molecule has 0 aliphatic carbocycles. The number of nitrogens with one attached hydrogen (secondary N) is 1. The number of carbonyl (C=O) groups is 1. The standard InChI is InChI=1S/C8H8N2O2.K/c9-7(10)5-3-1-2-4-6(5)8(11)12;/h1-4H,(H3,9,10)(H,11,12);/q;+1/p-1. The van der Waals surface area contributed by atoms with E-state index < -0.39 is 5.97 Å². The zero-order valence-electron chi connectivity index (χ0n) is 7.20. The second kappa shape index (κ2) is 5.51. The van der Waals surface area contributed by atoms with Gasteiger partial charge < -0.3 is 15.6 Å². The predicted molar refractivity (Wildman–Crippen MR) is 41.8 cm³/mol. The van der Waals surface area contributed by atoms with Gasteiger partial charge in [0.2, 0.25) is 0 Å². The quantitative estimate of drug-likeness (QED) is 0.294. The van der Waals surface area contributed by atoms with E-state index in [-0.39, 0.29) is 68.3 Å². The van der Waals surface area contributed by atoms with E-state index in [9.17, 15) is 9.90 Å². The summed E-state index contributed by atoms with van der Waals surface area (Å²) in [6, 6.07) is 5.99. The second-order valence-electron chi connectivity index (χ2n) is 2.25. The molecule has 4 nitrogen and oxygen atoms in total. The van der Waals surface area contributed by atoms with Crippen molar-refractivity contribution in [3.63, 3.8) is 0 Å². The van der Waals surface area contributed by atoms with Crippen LogP contribution in [0.4, 0.5) is 0 Å². The summed E-state index contributed by atoms with van der Waals surface area (Å²) in [5.41, 5.74) is 5.29. The van der Waals surface area contributed by atoms with Crippen molar-refractivity contribution < 1.29 is 61.3 Å². The first kappa shape index (κ1) is 12.8. The van der Waals surface area contributed by atoms with Crippen molar-refractivity contribution in [2.75, 3.05) is 0 Å². The van der Waals surface area contributed by atoms with Crippen LogP contribution >= 0.6 is 0 Å². The van der Waals surface area contributed by atoms with Crippen LogP contribution in [0, 0.1) is 5.41 Å². The van der Waals surface area contributed by atoms with E-state index in [0.717, 1.165) is 0 Å². The van der Waals surface area contributed by atoms with Crippen molar-refractivity contribution in [1.82, 2.24) is 0 Å². The maximum atomic E-state index is 10.5. The number of hydrogen-bond acceptors (Lipinski definition) is 3. The molecule has 13 heavy (non-hydrogen) atoms. The molecule has 1 aromatic rings. The number of nitrogens with two attached hydrogens (primary N) is 1. The Labute approximate surface area is 118 Å². The Morgan fingerprint density at radius 1 is 1.31 bits per heavy atom. The van der Waals surface area contributed by atoms with Crippen molar-refractivity contribution in [2.45, 2.75) is 0 Å². The van der Waals surface area contributed by atoms with Crippen LogP contribution in [0.5, 0.6) is 0 Å². The van der Waals surface area contributed by atoms with Gasteiger partial charge in [-0.1, -0.05) is 24.3 Å². The average Bonchev–Trinajstić information content (AvgIpc) is 2.04. The van der Waals surface area contributed by atoms with Gasteiger partial charge in [-0.2, -0.15) is 0 Å². The molecule has 62 valence electrons. The fourth-order valence-corrected chi connectivity index (χ4v) is 0.896. The van der Waals surface area contributed by atoms with Crippen LogP contribution < -0.4 is 62.2 Å². The molecular weight excluding hydrogens is 195 g/mol. The zero-order valence-corrected chi connectivity index (χ0v) is 10.3. The molecule has 1 rings (SSSR count). The number of carbonyl (C=O) groups excluding carboxylic acids is 1. The van der Waals surface area contributed by atoms with Gasteiger partial charge in [0, 0.05) is 11.1 Å². The zero-order chi connectivity index (χ0) is 9.14. The first-order valence-electron chi connectivity index (χ1n) is 3.27. The second-order valence-corrected chi connectivity index (χ2v) is 2.25. The Morgan fingerprint density at radius 3 is 2.08 bits per heavy atom. The van der Waals surface area contributed by atoms with E-state index in [4.69, 9.17) is 11.1 Å². The molecule has 0 unspecified atom stereocenters. The minimum Gasteiger partial charge on any atom is -0.545 e.